The number of carbonyl (C=O) groups is 1. The highest BCUT2D eigenvalue weighted by molar-refractivity contribution is 6.30. The molecule has 0 saturated heterocycles. The van der Waals surface area contributed by atoms with Crippen molar-refractivity contribution < 1.29 is 19.4 Å². The van der Waals surface area contributed by atoms with Gasteiger partial charge < -0.3 is 20.3 Å². The lowest BCUT2D eigenvalue weighted by Gasteiger charge is -2.13. The third-order valence-corrected chi connectivity index (χ3v) is 6.20. The lowest BCUT2D eigenvalue weighted by Crippen LogP contribution is -2.01. The Morgan fingerprint density at radius 3 is 2.57 bits per heavy atom. The van der Waals surface area contributed by atoms with E-state index >= 15 is 0 Å². The maximum absolute atomic E-state index is 11.6. The van der Waals surface area contributed by atoms with Gasteiger partial charge in [-0.3, -0.25) is 4.79 Å². The number of anilines is 1. The number of carboxylic acid groups (broad SMARTS) is 1. The quantitative estimate of drug-likeness (QED) is 0.256. The Bertz CT molecular complexity index is 1600. The Balaban J connectivity index is 1.72. The fourth-order valence-corrected chi connectivity index (χ4v) is 4.58. The number of halogens is 1. The molecule has 3 N–H and O–H groups in total. The number of hydrogen-bond acceptors (Lipinski definition) is 6. The van der Waals surface area contributed by atoms with E-state index in [1.54, 1.807) is 42.0 Å². The monoisotopic (exact) mass is 514 g/mol. The predicted octanol–water partition coefficient (Wildman–Crippen LogP) is 6.12. The highest BCUT2D eigenvalue weighted by Crippen LogP contribution is 2.43. The molecule has 0 aliphatic carbocycles. The molecule has 2 heterocycles. The van der Waals surface area contributed by atoms with Crippen LogP contribution in [0, 0.1) is 0 Å². The molecule has 0 atom stereocenters. The second-order valence-corrected chi connectivity index (χ2v) is 8.73. The van der Waals surface area contributed by atoms with E-state index in [-0.39, 0.29) is 18.7 Å². The first kappa shape index (κ1) is 24.1. The second-order valence-electron chi connectivity index (χ2n) is 8.29. The fraction of sp³-hybridized carbons (Fsp3) is 0.107. The van der Waals surface area contributed by atoms with Gasteiger partial charge in [-0.25, -0.2) is 9.50 Å². The topological polar surface area (TPSA) is 112 Å². The minimum atomic E-state index is -0.901. The van der Waals surface area contributed by atoms with Gasteiger partial charge in [-0.15, -0.1) is 0 Å². The molecule has 0 aliphatic heterocycles. The number of rotatable bonds is 8. The Kier molecular flexibility index (Phi) is 6.66. The summed E-state index contributed by atoms with van der Waals surface area (Å²) in [6.45, 7) is 0. The van der Waals surface area contributed by atoms with Gasteiger partial charge in [0.05, 0.1) is 12.8 Å². The first-order valence-corrected chi connectivity index (χ1v) is 11.9. The third-order valence-electron chi connectivity index (χ3n) is 5.97. The summed E-state index contributed by atoms with van der Waals surface area (Å²) >= 11 is 6.10. The molecule has 0 spiro atoms. The Morgan fingerprint density at radius 2 is 1.84 bits per heavy atom. The van der Waals surface area contributed by atoms with Crippen LogP contribution in [0.4, 0.5) is 5.82 Å². The Hall–Kier alpha value is -4.56. The molecule has 5 rings (SSSR count). The van der Waals surface area contributed by atoms with Crippen LogP contribution in [-0.4, -0.2) is 32.8 Å². The van der Waals surface area contributed by atoms with E-state index in [9.17, 15) is 9.90 Å². The van der Waals surface area contributed by atoms with Crippen molar-refractivity contribution >= 4 is 28.9 Å². The molecule has 0 fully saturated rings. The van der Waals surface area contributed by atoms with Gasteiger partial charge in [0.2, 0.25) is 0 Å². The number of nitrogen functional groups attached to an aromatic ring is 1. The normalized spacial score (nSPS) is 11.0. The molecule has 0 saturated carbocycles. The zero-order valence-electron chi connectivity index (χ0n) is 19.9. The van der Waals surface area contributed by atoms with Crippen LogP contribution in [-0.2, 0) is 11.2 Å². The van der Waals surface area contributed by atoms with Gasteiger partial charge in [-0.1, -0.05) is 54.1 Å². The lowest BCUT2D eigenvalue weighted by atomic mass is 9.95. The molecular weight excluding hydrogens is 492 g/mol. The molecule has 0 bridgehead atoms. The number of fused-ring (bicyclic) bond motifs is 1. The van der Waals surface area contributed by atoms with Crippen LogP contribution in [0.2, 0.25) is 5.02 Å². The van der Waals surface area contributed by atoms with Gasteiger partial charge in [-0.05, 0) is 47.9 Å². The van der Waals surface area contributed by atoms with Crippen LogP contribution >= 0.6 is 11.6 Å². The minimum Gasteiger partial charge on any atom is -0.493 e. The highest BCUT2D eigenvalue weighted by atomic mass is 35.5. The highest BCUT2D eigenvalue weighted by Gasteiger charge is 2.25. The number of benzene rings is 3. The van der Waals surface area contributed by atoms with Crippen molar-refractivity contribution in [1.82, 2.24) is 14.6 Å². The number of carboxylic acids is 1. The minimum absolute atomic E-state index is 0.0653. The summed E-state index contributed by atoms with van der Waals surface area (Å²) in [5.41, 5.74) is 10.9. The molecule has 0 unspecified atom stereocenters. The number of aromatic nitrogens is 3. The molecule has 186 valence electrons. The van der Waals surface area contributed by atoms with E-state index in [4.69, 9.17) is 26.8 Å². The number of methoxy groups -OCH3 is 1. The Morgan fingerprint density at radius 1 is 1.03 bits per heavy atom. The summed E-state index contributed by atoms with van der Waals surface area (Å²) in [4.78, 5) is 15.8. The molecule has 3 aromatic carbocycles. The number of ether oxygens (including phenoxy) is 2. The summed E-state index contributed by atoms with van der Waals surface area (Å²) in [6, 6.07) is 22.3. The standard InChI is InChI=1S/C28H23ClN4O4/c1-36-23-14-18(10-12-22(23)37-20-9-5-8-19(29)15-20)25-21(11-13-24(34)35)26(17-6-3-2-4-7-17)33-27(25)28(30)31-16-32-33/h2-10,12,14-16H,11,13H2,1H3,(H,34,35)(H2,30,31,32). The molecule has 0 aliphatic rings. The van der Waals surface area contributed by atoms with Crippen LogP contribution < -0.4 is 15.2 Å². The largest absolute Gasteiger partial charge is 0.493 e. The van der Waals surface area contributed by atoms with Crippen molar-refractivity contribution in [2.75, 3.05) is 12.8 Å². The van der Waals surface area contributed by atoms with Crippen LogP contribution in [0.5, 0.6) is 17.2 Å². The van der Waals surface area contributed by atoms with E-state index in [0.29, 0.717) is 27.8 Å². The molecule has 5 aromatic rings. The van der Waals surface area contributed by atoms with Crippen molar-refractivity contribution in [1.29, 1.82) is 0 Å². The first-order chi connectivity index (χ1) is 18.0. The number of nitrogens with two attached hydrogens (primary N) is 1. The molecule has 37 heavy (non-hydrogen) atoms. The average molecular weight is 515 g/mol. The van der Waals surface area contributed by atoms with Gasteiger partial charge in [0.15, 0.2) is 17.3 Å². The molecule has 0 radical (unpaired) electrons. The Labute approximate surface area is 217 Å². The van der Waals surface area contributed by atoms with Crippen molar-refractivity contribution in [2.45, 2.75) is 12.8 Å². The van der Waals surface area contributed by atoms with Crippen LogP contribution in [0.25, 0.3) is 27.9 Å². The lowest BCUT2D eigenvalue weighted by molar-refractivity contribution is -0.136. The summed E-state index contributed by atoms with van der Waals surface area (Å²) in [5, 5.41) is 14.5. The van der Waals surface area contributed by atoms with E-state index in [2.05, 4.69) is 10.1 Å². The average Bonchev–Trinajstić information content (AvgIpc) is 3.23. The summed E-state index contributed by atoms with van der Waals surface area (Å²) in [6.07, 6.45) is 1.59. The zero-order chi connectivity index (χ0) is 25.9. The van der Waals surface area contributed by atoms with E-state index in [1.807, 2.05) is 42.5 Å². The second kappa shape index (κ2) is 10.2. The van der Waals surface area contributed by atoms with Crippen LogP contribution in [0.15, 0.2) is 79.1 Å². The van der Waals surface area contributed by atoms with Crippen molar-refractivity contribution in [3.8, 4) is 39.6 Å². The summed E-state index contributed by atoms with van der Waals surface area (Å²) in [5.74, 6) is 0.928. The molecule has 9 heteroatoms. The maximum atomic E-state index is 11.6. The van der Waals surface area contributed by atoms with Crippen molar-refractivity contribution in [2.24, 2.45) is 0 Å². The molecule has 8 nitrogen and oxygen atoms in total. The van der Waals surface area contributed by atoms with Gasteiger partial charge in [0.1, 0.15) is 17.6 Å². The number of hydrogen-bond donors (Lipinski definition) is 2. The fourth-order valence-electron chi connectivity index (χ4n) is 4.40. The van der Waals surface area contributed by atoms with Gasteiger partial charge in [0, 0.05) is 22.6 Å². The molecular formula is C28H23ClN4O4. The SMILES string of the molecule is COc1cc(-c2c(CCC(=O)O)c(-c3ccccc3)n3ncnc(N)c23)ccc1Oc1cccc(Cl)c1. The number of nitrogens with zero attached hydrogens (tertiary/aromatic N) is 3. The predicted molar refractivity (Wildman–Crippen MR) is 142 cm³/mol. The molecule has 0 amide bonds. The van der Waals surface area contributed by atoms with Gasteiger partial charge in [0.25, 0.3) is 0 Å². The van der Waals surface area contributed by atoms with E-state index in [1.165, 1.54) is 6.33 Å². The van der Waals surface area contributed by atoms with Crippen molar-refractivity contribution in [3.05, 3.63) is 89.7 Å². The van der Waals surface area contributed by atoms with Crippen LogP contribution in [0.1, 0.15) is 12.0 Å². The zero-order valence-corrected chi connectivity index (χ0v) is 20.6. The van der Waals surface area contributed by atoms with Gasteiger partial charge >= 0.3 is 5.97 Å². The van der Waals surface area contributed by atoms with E-state index < -0.39 is 5.97 Å². The summed E-state index contributed by atoms with van der Waals surface area (Å²) < 4.78 is 13.4. The third kappa shape index (κ3) is 4.79. The smallest absolute Gasteiger partial charge is 0.303 e. The summed E-state index contributed by atoms with van der Waals surface area (Å²) in [7, 11) is 1.56. The van der Waals surface area contributed by atoms with Crippen molar-refractivity contribution in [3.63, 3.8) is 0 Å². The van der Waals surface area contributed by atoms with Crippen LogP contribution in [0.3, 0.4) is 0 Å². The maximum Gasteiger partial charge on any atom is 0.303 e. The number of aliphatic carboxylic acids is 1. The van der Waals surface area contributed by atoms with Gasteiger partial charge in [-0.2, -0.15) is 5.10 Å². The molecule has 2 aromatic heterocycles. The van der Waals surface area contributed by atoms with E-state index in [0.717, 1.165) is 27.9 Å². The first-order valence-electron chi connectivity index (χ1n) is 11.5.